The van der Waals surface area contributed by atoms with Crippen LogP contribution in [0.5, 0.6) is 0 Å². The maximum Gasteiger partial charge on any atom is 0.154 e. The third-order valence-corrected chi connectivity index (χ3v) is 3.16. The molecule has 0 aliphatic heterocycles. The fourth-order valence-electron chi connectivity index (χ4n) is 1.98. The number of nitrogens with one attached hydrogen (secondary N) is 1. The minimum absolute atomic E-state index is 0.398. The average molecular weight is 280 g/mol. The fourth-order valence-corrected chi connectivity index (χ4v) is 1.98. The quantitative estimate of drug-likeness (QED) is 0.766. The molecule has 0 saturated heterocycles. The Labute approximate surface area is 122 Å². The molecule has 0 aliphatic rings. The SMILES string of the molecule is CC(C)c1cnnc(Nc2ccc3ncc(N)cc3n2)c1. The van der Waals surface area contributed by atoms with Crippen LogP contribution in [0.2, 0.25) is 0 Å². The van der Waals surface area contributed by atoms with E-state index < -0.39 is 0 Å². The zero-order chi connectivity index (χ0) is 14.8. The first-order valence-electron chi connectivity index (χ1n) is 6.74. The first kappa shape index (κ1) is 13.2. The molecule has 0 amide bonds. The summed E-state index contributed by atoms with van der Waals surface area (Å²) in [6, 6.07) is 7.52. The highest BCUT2D eigenvalue weighted by Crippen LogP contribution is 2.20. The van der Waals surface area contributed by atoms with Crippen molar-refractivity contribution in [3.63, 3.8) is 0 Å². The first-order chi connectivity index (χ1) is 10.1. The zero-order valence-corrected chi connectivity index (χ0v) is 11.9. The third kappa shape index (κ3) is 2.89. The standard InChI is InChI=1S/C15H16N6/c1-9(2)10-5-15(21-18-7-10)20-14-4-3-12-13(19-14)6-11(16)8-17-12/h3-9H,16H2,1-2H3,(H,19,20,21). The number of hydrogen-bond donors (Lipinski definition) is 2. The number of aromatic nitrogens is 4. The highest BCUT2D eigenvalue weighted by atomic mass is 15.2. The molecule has 6 heteroatoms. The summed E-state index contributed by atoms with van der Waals surface area (Å²) < 4.78 is 0. The monoisotopic (exact) mass is 280 g/mol. The van der Waals surface area contributed by atoms with E-state index in [1.807, 2.05) is 18.2 Å². The highest BCUT2D eigenvalue weighted by Gasteiger charge is 2.05. The lowest BCUT2D eigenvalue weighted by molar-refractivity contribution is 0.843. The molecule has 0 atom stereocenters. The number of nitrogens with zero attached hydrogens (tertiary/aromatic N) is 4. The molecule has 0 unspecified atom stereocenters. The summed E-state index contributed by atoms with van der Waals surface area (Å²) in [5.74, 6) is 1.75. The molecule has 0 fully saturated rings. The number of nitrogen functional groups attached to an aromatic ring is 1. The molecule has 3 N–H and O–H groups in total. The molecule has 3 heterocycles. The van der Waals surface area contributed by atoms with Gasteiger partial charge in [0.05, 0.1) is 29.1 Å². The molecule has 3 rings (SSSR count). The lowest BCUT2D eigenvalue weighted by atomic mass is 10.1. The second kappa shape index (κ2) is 5.32. The van der Waals surface area contributed by atoms with Gasteiger partial charge in [-0.3, -0.25) is 4.98 Å². The van der Waals surface area contributed by atoms with E-state index in [2.05, 4.69) is 39.3 Å². The topological polar surface area (TPSA) is 89.6 Å². The van der Waals surface area contributed by atoms with E-state index in [-0.39, 0.29) is 0 Å². The van der Waals surface area contributed by atoms with Crippen LogP contribution in [-0.4, -0.2) is 20.2 Å². The van der Waals surface area contributed by atoms with E-state index in [1.165, 1.54) is 0 Å². The van der Waals surface area contributed by atoms with Gasteiger partial charge >= 0.3 is 0 Å². The van der Waals surface area contributed by atoms with Crippen LogP contribution < -0.4 is 11.1 Å². The predicted molar refractivity (Wildman–Crippen MR) is 83.4 cm³/mol. The van der Waals surface area contributed by atoms with Gasteiger partial charge in [0.25, 0.3) is 0 Å². The fraction of sp³-hybridized carbons (Fsp3) is 0.200. The summed E-state index contributed by atoms with van der Waals surface area (Å²) in [7, 11) is 0. The van der Waals surface area contributed by atoms with E-state index in [9.17, 15) is 0 Å². The first-order valence-corrected chi connectivity index (χ1v) is 6.74. The van der Waals surface area contributed by atoms with Crippen molar-refractivity contribution in [1.82, 2.24) is 20.2 Å². The Morgan fingerprint density at radius 2 is 1.90 bits per heavy atom. The lowest BCUT2D eigenvalue weighted by Gasteiger charge is -2.08. The smallest absolute Gasteiger partial charge is 0.154 e. The van der Waals surface area contributed by atoms with Gasteiger partial charge < -0.3 is 11.1 Å². The molecule has 3 aromatic heterocycles. The normalized spacial score (nSPS) is 11.0. The molecule has 0 aromatic carbocycles. The van der Waals surface area contributed by atoms with Crippen molar-refractivity contribution < 1.29 is 0 Å². The van der Waals surface area contributed by atoms with Crippen molar-refractivity contribution in [3.8, 4) is 0 Å². The van der Waals surface area contributed by atoms with Gasteiger partial charge in [0.2, 0.25) is 0 Å². The molecule has 0 saturated carbocycles. The maximum absolute atomic E-state index is 5.73. The summed E-state index contributed by atoms with van der Waals surface area (Å²) in [6.45, 7) is 4.23. The largest absolute Gasteiger partial charge is 0.397 e. The summed E-state index contributed by atoms with van der Waals surface area (Å²) >= 11 is 0. The Kier molecular flexibility index (Phi) is 3.35. The van der Waals surface area contributed by atoms with Crippen LogP contribution in [0.15, 0.2) is 36.7 Å². The van der Waals surface area contributed by atoms with Crippen LogP contribution in [0, 0.1) is 0 Å². The molecule has 6 nitrogen and oxygen atoms in total. The lowest BCUT2D eigenvalue weighted by Crippen LogP contribution is -2.00. The second-order valence-corrected chi connectivity index (χ2v) is 5.16. The van der Waals surface area contributed by atoms with Crippen LogP contribution in [0.3, 0.4) is 0 Å². The Morgan fingerprint density at radius 3 is 2.71 bits per heavy atom. The molecular formula is C15H16N6. The van der Waals surface area contributed by atoms with Crippen LogP contribution >= 0.6 is 0 Å². The Morgan fingerprint density at radius 1 is 1.05 bits per heavy atom. The minimum Gasteiger partial charge on any atom is -0.397 e. The number of hydrogen-bond acceptors (Lipinski definition) is 6. The predicted octanol–water partition coefficient (Wildman–Crippen LogP) is 2.87. The van der Waals surface area contributed by atoms with E-state index in [4.69, 9.17) is 5.73 Å². The van der Waals surface area contributed by atoms with Crippen molar-refractivity contribution in [2.24, 2.45) is 0 Å². The third-order valence-electron chi connectivity index (χ3n) is 3.16. The summed E-state index contributed by atoms with van der Waals surface area (Å²) in [4.78, 5) is 8.71. The summed E-state index contributed by atoms with van der Waals surface area (Å²) in [5.41, 5.74) is 9.00. The van der Waals surface area contributed by atoms with Crippen molar-refractivity contribution in [2.45, 2.75) is 19.8 Å². The molecule has 106 valence electrons. The molecule has 0 bridgehead atoms. The van der Waals surface area contributed by atoms with Gasteiger partial charge in [0.1, 0.15) is 5.82 Å². The van der Waals surface area contributed by atoms with Crippen LogP contribution in [0.4, 0.5) is 17.3 Å². The number of fused-ring (bicyclic) bond motifs is 1. The van der Waals surface area contributed by atoms with Gasteiger partial charge in [-0.15, -0.1) is 5.10 Å². The van der Waals surface area contributed by atoms with Crippen molar-refractivity contribution >= 4 is 28.4 Å². The highest BCUT2D eigenvalue weighted by molar-refractivity contribution is 5.79. The van der Waals surface area contributed by atoms with Gasteiger partial charge in [-0.25, -0.2) is 4.98 Å². The average Bonchev–Trinajstić information content (AvgIpc) is 2.47. The van der Waals surface area contributed by atoms with Gasteiger partial charge in [-0.1, -0.05) is 13.8 Å². The Bertz CT molecular complexity index is 784. The molecule has 0 radical (unpaired) electrons. The van der Waals surface area contributed by atoms with Crippen molar-refractivity contribution in [3.05, 3.63) is 42.2 Å². The Balaban J connectivity index is 1.92. The van der Waals surface area contributed by atoms with Gasteiger partial charge in [-0.2, -0.15) is 5.10 Å². The molecule has 0 spiro atoms. The van der Waals surface area contributed by atoms with E-state index in [0.717, 1.165) is 16.6 Å². The molecular weight excluding hydrogens is 264 g/mol. The van der Waals surface area contributed by atoms with E-state index in [0.29, 0.717) is 23.2 Å². The molecule has 21 heavy (non-hydrogen) atoms. The minimum atomic E-state index is 0.398. The van der Waals surface area contributed by atoms with Crippen LogP contribution in [-0.2, 0) is 0 Å². The van der Waals surface area contributed by atoms with Gasteiger partial charge in [0, 0.05) is 0 Å². The molecule has 0 aliphatic carbocycles. The number of pyridine rings is 2. The van der Waals surface area contributed by atoms with Gasteiger partial charge in [-0.05, 0) is 35.7 Å². The van der Waals surface area contributed by atoms with Crippen LogP contribution in [0.25, 0.3) is 11.0 Å². The van der Waals surface area contributed by atoms with Crippen molar-refractivity contribution in [1.29, 1.82) is 0 Å². The van der Waals surface area contributed by atoms with Gasteiger partial charge in [0.15, 0.2) is 5.82 Å². The number of nitrogens with two attached hydrogens (primary N) is 1. The Hall–Kier alpha value is -2.76. The molecule has 3 aromatic rings. The van der Waals surface area contributed by atoms with E-state index >= 15 is 0 Å². The van der Waals surface area contributed by atoms with E-state index in [1.54, 1.807) is 18.5 Å². The summed E-state index contributed by atoms with van der Waals surface area (Å²) in [5, 5.41) is 11.2. The summed E-state index contributed by atoms with van der Waals surface area (Å²) in [6.07, 6.45) is 3.39. The number of anilines is 3. The second-order valence-electron chi connectivity index (χ2n) is 5.16. The van der Waals surface area contributed by atoms with Crippen LogP contribution in [0.1, 0.15) is 25.3 Å². The maximum atomic E-state index is 5.73. The van der Waals surface area contributed by atoms with Crippen molar-refractivity contribution in [2.75, 3.05) is 11.1 Å². The number of rotatable bonds is 3. The zero-order valence-electron chi connectivity index (χ0n) is 11.9.